The highest BCUT2D eigenvalue weighted by Gasteiger charge is 2.30. The number of carboxylic acids is 1. The molecule has 0 radical (unpaired) electrons. The molecule has 4 nitrogen and oxygen atoms in total. The van der Waals surface area contributed by atoms with Crippen LogP contribution in [-0.2, 0) is 0 Å². The fourth-order valence-corrected chi connectivity index (χ4v) is 2.39. The summed E-state index contributed by atoms with van der Waals surface area (Å²) in [7, 11) is 0. The smallest absolute Gasteiger partial charge is 0.337 e. The van der Waals surface area contributed by atoms with Gasteiger partial charge < -0.3 is 5.11 Å². The molecular formula is C12H10N2O2S. The molecule has 2 aromatic heterocycles. The molecule has 17 heavy (non-hydrogen) atoms. The third-order valence-corrected chi connectivity index (χ3v) is 3.60. The Kier molecular flexibility index (Phi) is 2.40. The zero-order valence-electron chi connectivity index (χ0n) is 8.96. The van der Waals surface area contributed by atoms with Crippen LogP contribution in [0.2, 0.25) is 0 Å². The maximum Gasteiger partial charge on any atom is 0.337 e. The van der Waals surface area contributed by atoms with Gasteiger partial charge in [0, 0.05) is 12.1 Å². The number of nitrogens with zero attached hydrogens (tertiary/aromatic N) is 2. The molecule has 2 heterocycles. The van der Waals surface area contributed by atoms with Gasteiger partial charge in [-0.25, -0.2) is 4.79 Å². The van der Waals surface area contributed by atoms with Crippen LogP contribution in [0.5, 0.6) is 0 Å². The zero-order chi connectivity index (χ0) is 11.8. The predicted octanol–water partition coefficient (Wildman–Crippen LogP) is 2.78. The summed E-state index contributed by atoms with van der Waals surface area (Å²) in [4.78, 5) is 20.6. The van der Waals surface area contributed by atoms with Crippen molar-refractivity contribution in [1.82, 2.24) is 9.97 Å². The van der Waals surface area contributed by atoms with Crippen LogP contribution >= 0.6 is 11.3 Å². The molecular weight excluding hydrogens is 236 g/mol. The predicted molar refractivity (Wildman–Crippen MR) is 64.3 cm³/mol. The number of hydrogen-bond acceptors (Lipinski definition) is 4. The summed E-state index contributed by atoms with van der Waals surface area (Å²) in [6.45, 7) is 0. The van der Waals surface area contributed by atoms with Crippen LogP contribution in [0, 0.1) is 0 Å². The first kappa shape index (κ1) is 10.4. The lowest BCUT2D eigenvalue weighted by molar-refractivity contribution is 0.0695. The lowest BCUT2D eigenvalue weighted by Gasteiger charge is -2.05. The Morgan fingerprint density at radius 1 is 1.41 bits per heavy atom. The van der Waals surface area contributed by atoms with E-state index in [1.807, 2.05) is 0 Å². The normalized spacial score (nSPS) is 14.8. The van der Waals surface area contributed by atoms with Crippen LogP contribution in [0.4, 0.5) is 0 Å². The fourth-order valence-electron chi connectivity index (χ4n) is 1.80. The molecule has 0 bridgehead atoms. The average Bonchev–Trinajstić information content (AvgIpc) is 3.03. The summed E-state index contributed by atoms with van der Waals surface area (Å²) in [5.74, 6) is -0.566. The first-order valence-electron chi connectivity index (χ1n) is 5.39. The van der Waals surface area contributed by atoms with Crippen LogP contribution in [0.25, 0.3) is 10.6 Å². The molecule has 5 heteroatoms. The molecule has 3 rings (SSSR count). The summed E-state index contributed by atoms with van der Waals surface area (Å²) >= 11 is 1.51. The van der Waals surface area contributed by atoms with Crippen molar-refractivity contribution in [2.24, 2.45) is 0 Å². The van der Waals surface area contributed by atoms with Crippen molar-refractivity contribution in [3.8, 4) is 10.6 Å². The number of thiazole rings is 1. The van der Waals surface area contributed by atoms with E-state index in [1.165, 1.54) is 11.3 Å². The van der Waals surface area contributed by atoms with E-state index >= 15 is 0 Å². The van der Waals surface area contributed by atoms with Gasteiger partial charge in [0.1, 0.15) is 0 Å². The lowest BCUT2D eigenvalue weighted by Crippen LogP contribution is -2.04. The monoisotopic (exact) mass is 246 g/mol. The largest absolute Gasteiger partial charge is 0.478 e. The number of rotatable bonds is 3. The lowest BCUT2D eigenvalue weighted by atomic mass is 10.1. The van der Waals surface area contributed by atoms with Crippen molar-refractivity contribution in [3.63, 3.8) is 0 Å². The molecule has 1 N–H and O–H groups in total. The van der Waals surface area contributed by atoms with Crippen molar-refractivity contribution in [2.75, 3.05) is 0 Å². The van der Waals surface area contributed by atoms with E-state index in [0.29, 0.717) is 11.5 Å². The highest BCUT2D eigenvalue weighted by Crippen LogP contribution is 2.41. The fraction of sp³-hybridized carbons (Fsp3) is 0.250. The third kappa shape index (κ3) is 1.93. The second-order valence-corrected chi connectivity index (χ2v) is 4.96. The Hall–Kier alpha value is -1.75. The number of carbonyl (C=O) groups is 1. The van der Waals surface area contributed by atoms with E-state index < -0.39 is 5.97 Å². The van der Waals surface area contributed by atoms with Gasteiger partial charge in [0.2, 0.25) is 0 Å². The number of pyridine rings is 1. The van der Waals surface area contributed by atoms with Gasteiger partial charge >= 0.3 is 5.97 Å². The Morgan fingerprint density at radius 3 is 2.82 bits per heavy atom. The number of aromatic nitrogens is 2. The molecule has 1 aliphatic carbocycles. The molecule has 0 unspecified atom stereocenters. The van der Waals surface area contributed by atoms with Crippen LogP contribution in [-0.4, -0.2) is 21.0 Å². The van der Waals surface area contributed by atoms with Crippen LogP contribution in [0.1, 0.15) is 34.8 Å². The van der Waals surface area contributed by atoms with Crippen molar-refractivity contribution in [3.05, 3.63) is 35.1 Å². The van der Waals surface area contributed by atoms with E-state index in [-0.39, 0.29) is 0 Å². The minimum absolute atomic E-state index is 0.328. The molecule has 0 saturated heterocycles. The summed E-state index contributed by atoms with van der Waals surface area (Å²) < 4.78 is 0. The van der Waals surface area contributed by atoms with Gasteiger partial charge in [-0.3, -0.25) is 9.97 Å². The van der Waals surface area contributed by atoms with Gasteiger partial charge in [0.25, 0.3) is 0 Å². The van der Waals surface area contributed by atoms with Gasteiger partial charge in [-0.05, 0) is 25.0 Å². The second kappa shape index (κ2) is 3.92. The van der Waals surface area contributed by atoms with Gasteiger partial charge in [0.05, 0.1) is 27.3 Å². The topological polar surface area (TPSA) is 63.1 Å². The maximum atomic E-state index is 11.1. The molecule has 0 spiro atoms. The quantitative estimate of drug-likeness (QED) is 0.904. The molecule has 86 valence electrons. The van der Waals surface area contributed by atoms with Gasteiger partial charge in [-0.2, -0.15) is 0 Å². The molecule has 1 fully saturated rings. The number of carboxylic acid groups (broad SMARTS) is 1. The molecule has 0 atom stereocenters. The zero-order valence-corrected chi connectivity index (χ0v) is 9.78. The second-order valence-electron chi connectivity index (χ2n) is 4.07. The Balaban J connectivity index is 2.09. The van der Waals surface area contributed by atoms with Crippen LogP contribution < -0.4 is 0 Å². The molecule has 1 saturated carbocycles. The minimum Gasteiger partial charge on any atom is -0.478 e. The summed E-state index contributed by atoms with van der Waals surface area (Å²) in [6, 6.07) is 3.40. The molecule has 2 aromatic rings. The van der Waals surface area contributed by atoms with E-state index in [4.69, 9.17) is 5.11 Å². The molecule has 0 aliphatic heterocycles. The maximum absolute atomic E-state index is 11.1. The standard InChI is InChI=1S/C12H10N2O2S/c15-12(16)8-3-4-9(10-5-13-6-17-10)14-11(8)7-1-2-7/h3-7H,1-2H2,(H,15,16). The first-order chi connectivity index (χ1) is 8.25. The average molecular weight is 246 g/mol. The van der Waals surface area contributed by atoms with E-state index in [0.717, 1.165) is 29.1 Å². The summed E-state index contributed by atoms with van der Waals surface area (Å²) in [5.41, 5.74) is 3.63. The van der Waals surface area contributed by atoms with Crippen LogP contribution in [0.15, 0.2) is 23.8 Å². The SMILES string of the molecule is O=C(O)c1ccc(-c2cncs2)nc1C1CC1. The molecule has 0 amide bonds. The van der Waals surface area contributed by atoms with E-state index in [2.05, 4.69) is 9.97 Å². The molecule has 0 aromatic carbocycles. The summed E-state index contributed by atoms with van der Waals surface area (Å²) in [6.07, 6.45) is 3.84. The van der Waals surface area contributed by atoms with Gasteiger partial charge in [-0.15, -0.1) is 11.3 Å². The highest BCUT2D eigenvalue weighted by atomic mass is 32.1. The minimum atomic E-state index is -0.893. The number of hydrogen-bond donors (Lipinski definition) is 1. The van der Waals surface area contributed by atoms with Crippen molar-refractivity contribution in [1.29, 1.82) is 0 Å². The van der Waals surface area contributed by atoms with Crippen molar-refractivity contribution in [2.45, 2.75) is 18.8 Å². The van der Waals surface area contributed by atoms with Crippen molar-refractivity contribution < 1.29 is 9.90 Å². The Labute approximate surface area is 102 Å². The summed E-state index contributed by atoms with van der Waals surface area (Å²) in [5, 5.41) is 9.11. The van der Waals surface area contributed by atoms with E-state index in [1.54, 1.807) is 23.8 Å². The third-order valence-electron chi connectivity index (χ3n) is 2.80. The van der Waals surface area contributed by atoms with Gasteiger partial charge in [-0.1, -0.05) is 0 Å². The van der Waals surface area contributed by atoms with Crippen molar-refractivity contribution >= 4 is 17.3 Å². The Bertz CT molecular complexity index is 562. The number of aromatic carboxylic acids is 1. The van der Waals surface area contributed by atoms with E-state index in [9.17, 15) is 4.79 Å². The first-order valence-corrected chi connectivity index (χ1v) is 6.27. The van der Waals surface area contributed by atoms with Crippen LogP contribution in [0.3, 0.4) is 0 Å². The molecule has 1 aliphatic rings. The Morgan fingerprint density at radius 2 is 2.24 bits per heavy atom. The highest BCUT2D eigenvalue weighted by molar-refractivity contribution is 7.13. The van der Waals surface area contributed by atoms with Gasteiger partial charge in [0.15, 0.2) is 0 Å².